The summed E-state index contributed by atoms with van der Waals surface area (Å²) in [5.41, 5.74) is 1.86. The van der Waals surface area contributed by atoms with Gasteiger partial charge in [0, 0.05) is 19.2 Å². The predicted molar refractivity (Wildman–Crippen MR) is 67.7 cm³/mol. The van der Waals surface area contributed by atoms with E-state index >= 15 is 0 Å². The Bertz CT molecular complexity index is 509. The van der Waals surface area contributed by atoms with Crippen LogP contribution < -0.4 is 10.6 Å². The van der Waals surface area contributed by atoms with Gasteiger partial charge in [-0.05, 0) is 11.6 Å². The summed E-state index contributed by atoms with van der Waals surface area (Å²) in [5, 5.41) is 12.6. The van der Waals surface area contributed by atoms with Crippen molar-refractivity contribution in [2.75, 3.05) is 5.32 Å². The molecule has 0 unspecified atom stereocenters. The number of hydrogen-bond acceptors (Lipinski definition) is 4. The van der Waals surface area contributed by atoms with Gasteiger partial charge in [0.1, 0.15) is 12.2 Å². The molecule has 0 fully saturated rings. The number of rotatable bonds is 5. The number of carbonyl (C=O) groups excluding carboxylic acids is 1. The molecule has 0 aliphatic rings. The standard InChI is InChI=1S/C12H15N5O/c1-9(18)16-11-5-3-2-4-10(11)6-13-7-12-14-8-15-17-12/h2-5,8,13H,6-7H2,1H3,(H,16,18)(H,14,15,17). The minimum atomic E-state index is -0.0716. The molecule has 2 rings (SSSR count). The minimum Gasteiger partial charge on any atom is -0.326 e. The minimum absolute atomic E-state index is 0.0716. The average molecular weight is 245 g/mol. The van der Waals surface area contributed by atoms with Crippen LogP contribution in [0.1, 0.15) is 18.3 Å². The maximum atomic E-state index is 11.1. The molecule has 1 aromatic carbocycles. The van der Waals surface area contributed by atoms with Crippen molar-refractivity contribution in [3.05, 3.63) is 42.0 Å². The number of para-hydroxylation sites is 1. The molecular formula is C12H15N5O. The van der Waals surface area contributed by atoms with Crippen LogP contribution in [0, 0.1) is 0 Å². The highest BCUT2D eigenvalue weighted by Crippen LogP contribution is 2.14. The van der Waals surface area contributed by atoms with Crippen LogP contribution in [-0.4, -0.2) is 21.1 Å². The van der Waals surface area contributed by atoms with Gasteiger partial charge in [-0.1, -0.05) is 18.2 Å². The third-order valence-electron chi connectivity index (χ3n) is 2.40. The van der Waals surface area contributed by atoms with Gasteiger partial charge < -0.3 is 10.6 Å². The van der Waals surface area contributed by atoms with E-state index in [2.05, 4.69) is 25.8 Å². The Hall–Kier alpha value is -2.21. The van der Waals surface area contributed by atoms with Crippen molar-refractivity contribution in [2.24, 2.45) is 0 Å². The highest BCUT2D eigenvalue weighted by molar-refractivity contribution is 5.89. The van der Waals surface area contributed by atoms with Gasteiger partial charge in [0.25, 0.3) is 0 Å². The lowest BCUT2D eigenvalue weighted by atomic mass is 10.1. The first kappa shape index (κ1) is 12.3. The maximum Gasteiger partial charge on any atom is 0.221 e. The van der Waals surface area contributed by atoms with E-state index in [4.69, 9.17) is 0 Å². The predicted octanol–water partition coefficient (Wildman–Crippen LogP) is 1.05. The summed E-state index contributed by atoms with van der Waals surface area (Å²) in [4.78, 5) is 15.1. The molecule has 18 heavy (non-hydrogen) atoms. The Morgan fingerprint density at radius 1 is 1.33 bits per heavy atom. The number of benzene rings is 1. The van der Waals surface area contributed by atoms with Crippen LogP contribution in [0.3, 0.4) is 0 Å². The van der Waals surface area contributed by atoms with Crippen molar-refractivity contribution < 1.29 is 4.79 Å². The van der Waals surface area contributed by atoms with Gasteiger partial charge in [-0.15, -0.1) is 0 Å². The lowest BCUT2D eigenvalue weighted by molar-refractivity contribution is -0.114. The average Bonchev–Trinajstić information content (AvgIpc) is 2.84. The molecule has 94 valence electrons. The van der Waals surface area contributed by atoms with Gasteiger partial charge in [0.15, 0.2) is 0 Å². The second kappa shape index (κ2) is 5.92. The summed E-state index contributed by atoms with van der Waals surface area (Å²) in [5.74, 6) is 0.713. The molecule has 0 saturated carbocycles. The number of carbonyl (C=O) groups is 1. The summed E-state index contributed by atoms with van der Waals surface area (Å²) in [7, 11) is 0. The van der Waals surface area contributed by atoms with Gasteiger partial charge in [-0.3, -0.25) is 9.89 Å². The highest BCUT2D eigenvalue weighted by atomic mass is 16.1. The zero-order valence-corrected chi connectivity index (χ0v) is 10.1. The molecular weight excluding hydrogens is 230 g/mol. The normalized spacial score (nSPS) is 10.3. The fourth-order valence-electron chi connectivity index (χ4n) is 1.62. The van der Waals surface area contributed by atoms with E-state index in [1.165, 1.54) is 13.3 Å². The molecule has 1 amide bonds. The van der Waals surface area contributed by atoms with Crippen LogP contribution in [0.2, 0.25) is 0 Å². The first-order chi connectivity index (χ1) is 8.75. The van der Waals surface area contributed by atoms with Gasteiger partial charge in [0.05, 0.1) is 6.54 Å². The third kappa shape index (κ3) is 3.39. The summed E-state index contributed by atoms with van der Waals surface area (Å²) >= 11 is 0. The Balaban J connectivity index is 1.94. The fourth-order valence-corrected chi connectivity index (χ4v) is 1.62. The van der Waals surface area contributed by atoms with E-state index in [0.717, 1.165) is 17.1 Å². The van der Waals surface area contributed by atoms with E-state index in [1.807, 2.05) is 24.3 Å². The quantitative estimate of drug-likeness (QED) is 0.735. The Morgan fingerprint density at radius 3 is 2.89 bits per heavy atom. The maximum absolute atomic E-state index is 11.1. The molecule has 0 aliphatic carbocycles. The van der Waals surface area contributed by atoms with Crippen molar-refractivity contribution in [1.82, 2.24) is 20.5 Å². The van der Waals surface area contributed by atoms with Crippen LogP contribution >= 0.6 is 0 Å². The van der Waals surface area contributed by atoms with Gasteiger partial charge in [0.2, 0.25) is 5.91 Å². The lowest BCUT2D eigenvalue weighted by Gasteiger charge is -2.10. The van der Waals surface area contributed by atoms with Crippen LogP contribution in [0.25, 0.3) is 0 Å². The van der Waals surface area contributed by atoms with Crippen molar-refractivity contribution in [3.8, 4) is 0 Å². The number of amides is 1. The molecule has 0 saturated heterocycles. The Morgan fingerprint density at radius 2 is 2.17 bits per heavy atom. The smallest absolute Gasteiger partial charge is 0.221 e. The van der Waals surface area contributed by atoms with E-state index in [1.54, 1.807) is 0 Å². The molecule has 0 spiro atoms. The monoisotopic (exact) mass is 245 g/mol. The summed E-state index contributed by atoms with van der Waals surface area (Å²) in [6.45, 7) is 2.75. The van der Waals surface area contributed by atoms with E-state index < -0.39 is 0 Å². The molecule has 0 radical (unpaired) electrons. The number of anilines is 1. The summed E-state index contributed by atoms with van der Waals surface area (Å²) in [6.07, 6.45) is 1.47. The van der Waals surface area contributed by atoms with Gasteiger partial charge >= 0.3 is 0 Å². The topological polar surface area (TPSA) is 82.7 Å². The second-order valence-corrected chi connectivity index (χ2v) is 3.87. The zero-order chi connectivity index (χ0) is 12.8. The molecule has 0 atom stereocenters. The van der Waals surface area contributed by atoms with Gasteiger partial charge in [-0.25, -0.2) is 4.98 Å². The van der Waals surface area contributed by atoms with Crippen molar-refractivity contribution in [3.63, 3.8) is 0 Å². The van der Waals surface area contributed by atoms with E-state index in [0.29, 0.717) is 13.1 Å². The zero-order valence-electron chi connectivity index (χ0n) is 10.1. The molecule has 0 bridgehead atoms. The number of hydrogen-bond donors (Lipinski definition) is 3. The number of nitrogens with one attached hydrogen (secondary N) is 3. The fraction of sp³-hybridized carbons (Fsp3) is 0.250. The number of H-pyrrole nitrogens is 1. The van der Waals surface area contributed by atoms with Crippen molar-refractivity contribution in [2.45, 2.75) is 20.0 Å². The first-order valence-electron chi connectivity index (χ1n) is 5.66. The molecule has 2 aromatic rings. The highest BCUT2D eigenvalue weighted by Gasteiger charge is 2.03. The Labute approximate surface area is 105 Å². The molecule has 1 heterocycles. The van der Waals surface area contributed by atoms with E-state index in [9.17, 15) is 4.79 Å². The molecule has 6 heteroatoms. The first-order valence-corrected chi connectivity index (χ1v) is 5.66. The van der Waals surface area contributed by atoms with Crippen LogP contribution in [0.15, 0.2) is 30.6 Å². The summed E-state index contributed by atoms with van der Waals surface area (Å²) < 4.78 is 0. The largest absolute Gasteiger partial charge is 0.326 e. The number of aromatic amines is 1. The van der Waals surface area contributed by atoms with Crippen LogP contribution in [0.4, 0.5) is 5.69 Å². The SMILES string of the molecule is CC(=O)Nc1ccccc1CNCc1ncn[nH]1. The van der Waals surface area contributed by atoms with Crippen LogP contribution in [0.5, 0.6) is 0 Å². The molecule has 0 aliphatic heterocycles. The summed E-state index contributed by atoms with van der Waals surface area (Å²) in [6, 6.07) is 7.69. The number of aromatic nitrogens is 3. The van der Waals surface area contributed by atoms with E-state index in [-0.39, 0.29) is 5.91 Å². The number of nitrogens with zero attached hydrogens (tertiary/aromatic N) is 2. The van der Waals surface area contributed by atoms with Gasteiger partial charge in [-0.2, -0.15) is 5.10 Å². The Kier molecular flexibility index (Phi) is 4.03. The van der Waals surface area contributed by atoms with Crippen LogP contribution in [-0.2, 0) is 17.9 Å². The molecule has 1 aromatic heterocycles. The lowest BCUT2D eigenvalue weighted by Crippen LogP contribution is -2.16. The van der Waals surface area contributed by atoms with Crippen molar-refractivity contribution in [1.29, 1.82) is 0 Å². The molecule has 6 nitrogen and oxygen atoms in total. The van der Waals surface area contributed by atoms with Crippen molar-refractivity contribution >= 4 is 11.6 Å². The molecule has 3 N–H and O–H groups in total. The third-order valence-corrected chi connectivity index (χ3v) is 2.40. The second-order valence-electron chi connectivity index (χ2n) is 3.87.